The van der Waals surface area contributed by atoms with Crippen molar-refractivity contribution in [1.82, 2.24) is 4.98 Å². The van der Waals surface area contributed by atoms with E-state index in [1.807, 2.05) is 13.0 Å². The molecule has 0 aliphatic carbocycles. The molecule has 1 aliphatic heterocycles. The molecule has 1 aromatic heterocycles. The van der Waals surface area contributed by atoms with Gasteiger partial charge in [0, 0.05) is 10.7 Å². The molecular weight excluding hydrogens is 362 g/mol. The van der Waals surface area contributed by atoms with Crippen LogP contribution in [0.2, 0.25) is 0 Å². The molecular formula is C16H14BrN3O3. The number of nitrogens with one attached hydrogen (secondary N) is 2. The molecule has 0 saturated heterocycles. The second kappa shape index (κ2) is 5.66. The maximum Gasteiger partial charge on any atom is 0.279 e. The molecule has 2 amide bonds. The van der Waals surface area contributed by atoms with Gasteiger partial charge in [0.2, 0.25) is 0 Å². The van der Waals surface area contributed by atoms with Crippen molar-refractivity contribution in [3.63, 3.8) is 0 Å². The molecule has 1 aromatic carbocycles. The first-order valence-electron chi connectivity index (χ1n) is 6.92. The van der Waals surface area contributed by atoms with Crippen LogP contribution in [0.15, 0.2) is 41.0 Å². The molecule has 118 valence electrons. The van der Waals surface area contributed by atoms with Crippen molar-refractivity contribution >= 4 is 39.2 Å². The van der Waals surface area contributed by atoms with Crippen LogP contribution in [0.25, 0.3) is 0 Å². The molecule has 0 radical (unpaired) electrons. The van der Waals surface area contributed by atoms with Crippen molar-refractivity contribution < 1.29 is 14.3 Å². The lowest BCUT2D eigenvalue weighted by Crippen LogP contribution is -2.56. The third-order valence-corrected chi connectivity index (χ3v) is 4.00. The summed E-state index contributed by atoms with van der Waals surface area (Å²) in [7, 11) is 0. The Kier molecular flexibility index (Phi) is 3.81. The quantitative estimate of drug-likeness (QED) is 0.790. The topological polar surface area (TPSA) is 80.3 Å². The van der Waals surface area contributed by atoms with E-state index in [0.29, 0.717) is 17.3 Å². The van der Waals surface area contributed by atoms with E-state index in [1.165, 1.54) is 6.92 Å². The smallest absolute Gasteiger partial charge is 0.279 e. The molecule has 3 rings (SSSR count). The second-order valence-electron chi connectivity index (χ2n) is 5.40. The van der Waals surface area contributed by atoms with E-state index in [1.54, 1.807) is 30.5 Å². The van der Waals surface area contributed by atoms with Gasteiger partial charge in [-0.2, -0.15) is 0 Å². The van der Waals surface area contributed by atoms with Crippen molar-refractivity contribution in [3.05, 3.63) is 46.6 Å². The summed E-state index contributed by atoms with van der Waals surface area (Å²) in [6.45, 7) is 3.34. The van der Waals surface area contributed by atoms with E-state index in [0.717, 1.165) is 10.0 Å². The van der Waals surface area contributed by atoms with Crippen LogP contribution in [0.1, 0.15) is 12.5 Å². The second-order valence-corrected chi connectivity index (χ2v) is 6.32. The number of aromatic nitrogens is 1. The summed E-state index contributed by atoms with van der Waals surface area (Å²) in [6.07, 6.45) is 1.55. The normalized spacial score (nSPS) is 19.3. The van der Waals surface area contributed by atoms with Gasteiger partial charge in [-0.15, -0.1) is 0 Å². The molecule has 2 N–H and O–H groups in total. The number of rotatable bonds is 2. The Balaban J connectivity index is 1.85. The summed E-state index contributed by atoms with van der Waals surface area (Å²) in [6, 6.07) is 8.74. The number of aryl methyl sites for hydroxylation is 1. The summed E-state index contributed by atoms with van der Waals surface area (Å²) in [5.74, 6) is -0.316. The SMILES string of the molecule is Cc1ccc2c(c1)NC(=O)C(C)(C(=O)Nc1ccc(Br)cn1)O2. The van der Waals surface area contributed by atoms with Gasteiger partial charge < -0.3 is 15.4 Å². The maximum absolute atomic E-state index is 12.5. The van der Waals surface area contributed by atoms with Crippen LogP contribution >= 0.6 is 15.9 Å². The van der Waals surface area contributed by atoms with Gasteiger partial charge in [0.1, 0.15) is 11.6 Å². The van der Waals surface area contributed by atoms with Crippen molar-refractivity contribution in [1.29, 1.82) is 0 Å². The molecule has 0 bridgehead atoms. The van der Waals surface area contributed by atoms with Gasteiger partial charge in [-0.1, -0.05) is 6.07 Å². The number of halogens is 1. The molecule has 6 nitrogen and oxygen atoms in total. The minimum Gasteiger partial charge on any atom is -0.466 e. The van der Waals surface area contributed by atoms with Gasteiger partial charge in [0.15, 0.2) is 0 Å². The average molecular weight is 376 g/mol. The molecule has 0 spiro atoms. The van der Waals surface area contributed by atoms with E-state index >= 15 is 0 Å². The molecule has 0 fully saturated rings. The molecule has 1 atom stereocenters. The van der Waals surface area contributed by atoms with Crippen LogP contribution in [0.3, 0.4) is 0 Å². The summed E-state index contributed by atoms with van der Waals surface area (Å²) in [4.78, 5) is 28.9. The zero-order valence-electron chi connectivity index (χ0n) is 12.5. The van der Waals surface area contributed by atoms with Crippen LogP contribution in [0.5, 0.6) is 5.75 Å². The summed E-state index contributed by atoms with van der Waals surface area (Å²) < 4.78 is 6.47. The van der Waals surface area contributed by atoms with Gasteiger partial charge in [-0.3, -0.25) is 9.59 Å². The number of carbonyl (C=O) groups is 2. The maximum atomic E-state index is 12.5. The number of hydrogen-bond donors (Lipinski definition) is 2. The van der Waals surface area contributed by atoms with E-state index in [2.05, 4.69) is 31.5 Å². The Bertz CT molecular complexity index is 792. The molecule has 7 heteroatoms. The standard InChI is InChI=1S/C16H14BrN3O3/c1-9-3-5-12-11(7-9)19-14(21)16(2,23-12)15(22)20-13-6-4-10(17)8-18-13/h3-8H,1-2H3,(H,19,21)(H,18,20,22). The zero-order chi connectivity index (χ0) is 16.6. The fourth-order valence-corrected chi connectivity index (χ4v) is 2.41. The summed E-state index contributed by atoms with van der Waals surface area (Å²) in [5.41, 5.74) is -0.126. The summed E-state index contributed by atoms with van der Waals surface area (Å²) >= 11 is 3.27. The Labute approximate surface area is 141 Å². The van der Waals surface area contributed by atoms with Crippen molar-refractivity contribution in [2.45, 2.75) is 19.4 Å². The van der Waals surface area contributed by atoms with Gasteiger partial charge in [-0.25, -0.2) is 4.98 Å². The first-order chi connectivity index (χ1) is 10.9. The number of amides is 2. The first-order valence-corrected chi connectivity index (χ1v) is 7.72. The third-order valence-electron chi connectivity index (χ3n) is 3.53. The number of nitrogens with zero attached hydrogens (tertiary/aromatic N) is 1. The average Bonchev–Trinajstić information content (AvgIpc) is 2.51. The molecule has 2 heterocycles. The lowest BCUT2D eigenvalue weighted by atomic mass is 10.0. The monoisotopic (exact) mass is 375 g/mol. The number of benzene rings is 1. The van der Waals surface area contributed by atoms with Crippen LogP contribution < -0.4 is 15.4 Å². The van der Waals surface area contributed by atoms with Crippen molar-refractivity contribution in [2.24, 2.45) is 0 Å². The third kappa shape index (κ3) is 2.92. The Morgan fingerprint density at radius 1 is 1.35 bits per heavy atom. The van der Waals surface area contributed by atoms with E-state index in [-0.39, 0.29) is 0 Å². The molecule has 23 heavy (non-hydrogen) atoms. The van der Waals surface area contributed by atoms with Gasteiger partial charge in [0.05, 0.1) is 5.69 Å². The van der Waals surface area contributed by atoms with Crippen LogP contribution in [0.4, 0.5) is 11.5 Å². The fourth-order valence-electron chi connectivity index (χ4n) is 2.17. The van der Waals surface area contributed by atoms with Gasteiger partial charge in [-0.05, 0) is 59.6 Å². The highest BCUT2D eigenvalue weighted by Crippen LogP contribution is 2.34. The molecule has 2 aromatic rings. The van der Waals surface area contributed by atoms with E-state index < -0.39 is 17.4 Å². The van der Waals surface area contributed by atoms with E-state index in [4.69, 9.17) is 4.74 Å². The predicted molar refractivity (Wildman–Crippen MR) is 89.4 cm³/mol. The molecule has 0 saturated carbocycles. The summed E-state index contributed by atoms with van der Waals surface area (Å²) in [5, 5.41) is 5.31. The van der Waals surface area contributed by atoms with Crippen molar-refractivity contribution in [2.75, 3.05) is 10.6 Å². The Hall–Kier alpha value is -2.41. The van der Waals surface area contributed by atoms with Crippen LogP contribution in [0, 0.1) is 6.92 Å². The van der Waals surface area contributed by atoms with Gasteiger partial charge >= 0.3 is 0 Å². The molecule has 1 unspecified atom stereocenters. The first kappa shape index (κ1) is 15.5. The highest BCUT2D eigenvalue weighted by Gasteiger charge is 2.47. The van der Waals surface area contributed by atoms with Crippen LogP contribution in [-0.2, 0) is 9.59 Å². The number of fused-ring (bicyclic) bond motifs is 1. The molecule has 1 aliphatic rings. The lowest BCUT2D eigenvalue weighted by molar-refractivity contribution is -0.143. The number of pyridine rings is 1. The Morgan fingerprint density at radius 2 is 2.13 bits per heavy atom. The number of hydrogen-bond acceptors (Lipinski definition) is 4. The number of anilines is 2. The Morgan fingerprint density at radius 3 is 2.83 bits per heavy atom. The number of ether oxygens (including phenoxy) is 1. The van der Waals surface area contributed by atoms with E-state index in [9.17, 15) is 9.59 Å². The largest absolute Gasteiger partial charge is 0.466 e. The number of carbonyl (C=O) groups excluding carboxylic acids is 2. The predicted octanol–water partition coefficient (Wildman–Crippen LogP) is 2.88. The van der Waals surface area contributed by atoms with Crippen LogP contribution in [-0.4, -0.2) is 22.4 Å². The lowest BCUT2D eigenvalue weighted by Gasteiger charge is -2.33. The zero-order valence-corrected chi connectivity index (χ0v) is 14.1. The van der Waals surface area contributed by atoms with Crippen molar-refractivity contribution in [3.8, 4) is 5.75 Å². The minimum atomic E-state index is -1.67. The fraction of sp³-hybridized carbons (Fsp3) is 0.188. The highest BCUT2D eigenvalue weighted by atomic mass is 79.9. The minimum absolute atomic E-state index is 0.338. The highest BCUT2D eigenvalue weighted by molar-refractivity contribution is 9.10. The van der Waals surface area contributed by atoms with Gasteiger partial charge in [0.25, 0.3) is 17.4 Å².